The van der Waals surface area contributed by atoms with E-state index in [0.29, 0.717) is 24.0 Å². The van der Waals surface area contributed by atoms with Crippen LogP contribution in [-0.4, -0.2) is 45.3 Å². The minimum absolute atomic E-state index is 0.122. The topological polar surface area (TPSA) is 95.9 Å². The number of rotatable bonds is 5. The number of aryl methyl sites for hydroxylation is 1. The van der Waals surface area contributed by atoms with Gasteiger partial charge in [-0.25, -0.2) is 9.67 Å². The van der Waals surface area contributed by atoms with Gasteiger partial charge in [-0.05, 0) is 12.3 Å². The first-order valence-electron chi connectivity index (χ1n) is 9.27. The molecule has 4 rings (SSSR count). The fraction of sp³-hybridized carbons (Fsp3) is 0.300. The van der Waals surface area contributed by atoms with Crippen molar-refractivity contribution in [2.75, 3.05) is 24.5 Å². The number of carbonyl (C=O) groups is 1. The molecule has 1 aromatic carbocycles. The summed E-state index contributed by atoms with van der Waals surface area (Å²) in [5, 5.41) is 7.05. The van der Waals surface area contributed by atoms with E-state index in [2.05, 4.69) is 25.3 Å². The molecule has 1 fully saturated rings. The van der Waals surface area contributed by atoms with Crippen LogP contribution in [0.1, 0.15) is 16.9 Å². The van der Waals surface area contributed by atoms with E-state index in [1.54, 1.807) is 25.5 Å². The molecule has 8 nitrogen and oxygen atoms in total. The lowest BCUT2D eigenvalue weighted by atomic mass is 10.1. The van der Waals surface area contributed by atoms with Crippen molar-refractivity contribution in [3.8, 4) is 11.4 Å². The third kappa shape index (κ3) is 3.80. The highest BCUT2D eigenvalue weighted by atomic mass is 16.2. The summed E-state index contributed by atoms with van der Waals surface area (Å²) >= 11 is 0. The number of carbonyl (C=O) groups excluding carboxylic acids is 1. The number of benzene rings is 1. The zero-order chi connectivity index (χ0) is 19.5. The fourth-order valence-corrected chi connectivity index (χ4v) is 3.38. The van der Waals surface area contributed by atoms with Crippen LogP contribution in [-0.2, 0) is 7.05 Å². The summed E-state index contributed by atoms with van der Waals surface area (Å²) < 4.78 is 1.31. The molecule has 0 bridgehead atoms. The Morgan fingerprint density at radius 3 is 2.89 bits per heavy atom. The van der Waals surface area contributed by atoms with Gasteiger partial charge in [-0.15, -0.1) is 0 Å². The summed E-state index contributed by atoms with van der Waals surface area (Å²) in [5.74, 6) is 0.837. The lowest BCUT2D eigenvalue weighted by Gasteiger charge is -2.18. The number of imidazole rings is 1. The van der Waals surface area contributed by atoms with Crippen LogP contribution in [0.3, 0.4) is 0 Å². The largest absolute Gasteiger partial charge is 0.370 e. The van der Waals surface area contributed by atoms with E-state index >= 15 is 0 Å². The quantitative estimate of drug-likeness (QED) is 0.700. The molecule has 144 valence electrons. The summed E-state index contributed by atoms with van der Waals surface area (Å²) in [6, 6.07) is 11.3. The average molecular weight is 378 g/mol. The van der Waals surface area contributed by atoms with Crippen molar-refractivity contribution in [2.45, 2.75) is 6.42 Å². The predicted octanol–water partition coefficient (Wildman–Crippen LogP) is 1.43. The van der Waals surface area contributed by atoms with Gasteiger partial charge in [0.25, 0.3) is 11.5 Å². The van der Waals surface area contributed by atoms with Crippen molar-refractivity contribution in [3.05, 3.63) is 64.8 Å². The second-order valence-electron chi connectivity index (χ2n) is 7.00. The number of aromatic nitrogens is 4. The van der Waals surface area contributed by atoms with Gasteiger partial charge in [-0.1, -0.05) is 30.3 Å². The van der Waals surface area contributed by atoms with Crippen molar-refractivity contribution in [2.24, 2.45) is 13.0 Å². The Hall–Kier alpha value is -3.42. The summed E-state index contributed by atoms with van der Waals surface area (Å²) in [6.07, 6.45) is 4.22. The van der Waals surface area contributed by atoms with E-state index in [4.69, 9.17) is 0 Å². The Morgan fingerprint density at radius 2 is 2.11 bits per heavy atom. The molecule has 2 N–H and O–H groups in total. The van der Waals surface area contributed by atoms with Crippen LogP contribution in [0.5, 0.6) is 0 Å². The van der Waals surface area contributed by atoms with Gasteiger partial charge >= 0.3 is 0 Å². The smallest absolute Gasteiger partial charge is 0.269 e. The number of aromatic amines is 1. The standard InChI is InChI=1S/C20H22N6O2/c1-25-18(27)9-16(11-23-25)26-8-7-14(13-26)10-22-20(28)17-12-21-19(24-17)15-5-3-2-4-6-15/h2-6,9,11-12,14H,7-8,10,13H2,1H3,(H,21,24)(H,22,28). The molecular formula is C20H22N6O2. The molecule has 0 aliphatic carbocycles. The maximum absolute atomic E-state index is 12.4. The first-order valence-corrected chi connectivity index (χ1v) is 9.27. The van der Waals surface area contributed by atoms with E-state index < -0.39 is 0 Å². The summed E-state index contributed by atoms with van der Waals surface area (Å²) in [7, 11) is 1.63. The molecule has 8 heteroatoms. The van der Waals surface area contributed by atoms with E-state index in [1.807, 2.05) is 30.3 Å². The van der Waals surface area contributed by atoms with Gasteiger partial charge < -0.3 is 15.2 Å². The van der Waals surface area contributed by atoms with E-state index in [1.165, 1.54) is 4.68 Å². The van der Waals surface area contributed by atoms with E-state index in [0.717, 1.165) is 30.8 Å². The predicted molar refractivity (Wildman–Crippen MR) is 106 cm³/mol. The van der Waals surface area contributed by atoms with Crippen LogP contribution in [0, 0.1) is 5.92 Å². The fourth-order valence-electron chi connectivity index (χ4n) is 3.38. The van der Waals surface area contributed by atoms with Crippen LogP contribution in [0.15, 0.2) is 53.6 Å². The molecule has 1 unspecified atom stereocenters. The van der Waals surface area contributed by atoms with Gasteiger partial charge in [0.2, 0.25) is 0 Å². The van der Waals surface area contributed by atoms with Crippen molar-refractivity contribution in [1.82, 2.24) is 25.1 Å². The summed E-state index contributed by atoms with van der Waals surface area (Å²) in [6.45, 7) is 2.21. The van der Waals surface area contributed by atoms with Gasteiger partial charge in [0, 0.05) is 38.3 Å². The molecule has 1 aliphatic rings. The molecule has 28 heavy (non-hydrogen) atoms. The maximum atomic E-state index is 12.4. The SMILES string of the molecule is Cn1ncc(N2CCC(CNC(=O)c3cnc(-c4ccccc4)[nH]3)C2)cc1=O. The molecule has 0 spiro atoms. The molecule has 3 heterocycles. The summed E-state index contributed by atoms with van der Waals surface area (Å²) in [4.78, 5) is 33.7. The van der Waals surface area contributed by atoms with Crippen LogP contribution >= 0.6 is 0 Å². The van der Waals surface area contributed by atoms with Crippen LogP contribution in [0.4, 0.5) is 5.69 Å². The van der Waals surface area contributed by atoms with Crippen LogP contribution in [0.25, 0.3) is 11.4 Å². The monoisotopic (exact) mass is 378 g/mol. The van der Waals surface area contributed by atoms with Gasteiger partial charge in [-0.2, -0.15) is 5.10 Å². The Kier molecular flexibility index (Phi) is 4.92. The van der Waals surface area contributed by atoms with E-state index in [9.17, 15) is 9.59 Å². The highest BCUT2D eigenvalue weighted by Crippen LogP contribution is 2.21. The summed E-state index contributed by atoms with van der Waals surface area (Å²) in [5.41, 5.74) is 2.10. The number of amides is 1. The molecular weight excluding hydrogens is 356 g/mol. The first kappa shape index (κ1) is 18.0. The number of anilines is 1. The number of nitrogens with zero attached hydrogens (tertiary/aromatic N) is 4. The third-order valence-corrected chi connectivity index (χ3v) is 5.02. The average Bonchev–Trinajstić information content (AvgIpc) is 3.39. The van der Waals surface area contributed by atoms with Gasteiger partial charge in [-0.3, -0.25) is 9.59 Å². The van der Waals surface area contributed by atoms with Crippen molar-refractivity contribution < 1.29 is 4.79 Å². The van der Waals surface area contributed by atoms with Gasteiger partial charge in [0.15, 0.2) is 0 Å². The molecule has 1 aliphatic heterocycles. The molecule has 0 saturated carbocycles. The molecule has 3 aromatic rings. The third-order valence-electron chi connectivity index (χ3n) is 5.02. The van der Waals surface area contributed by atoms with Crippen LogP contribution in [0.2, 0.25) is 0 Å². The van der Waals surface area contributed by atoms with Crippen molar-refractivity contribution in [3.63, 3.8) is 0 Å². The highest BCUT2D eigenvalue weighted by molar-refractivity contribution is 5.92. The lowest BCUT2D eigenvalue weighted by molar-refractivity contribution is 0.0944. The molecule has 1 atom stereocenters. The molecule has 2 aromatic heterocycles. The number of H-pyrrole nitrogens is 1. The zero-order valence-corrected chi connectivity index (χ0v) is 15.6. The zero-order valence-electron chi connectivity index (χ0n) is 15.6. The molecule has 1 saturated heterocycles. The second kappa shape index (κ2) is 7.67. The number of hydrogen-bond donors (Lipinski definition) is 2. The van der Waals surface area contributed by atoms with E-state index in [-0.39, 0.29) is 11.5 Å². The number of hydrogen-bond acceptors (Lipinski definition) is 5. The maximum Gasteiger partial charge on any atom is 0.269 e. The first-order chi connectivity index (χ1) is 13.6. The Bertz CT molecular complexity index is 1030. The number of nitrogens with one attached hydrogen (secondary N) is 2. The van der Waals surface area contributed by atoms with Crippen molar-refractivity contribution in [1.29, 1.82) is 0 Å². The minimum atomic E-state index is -0.164. The van der Waals surface area contributed by atoms with Crippen molar-refractivity contribution >= 4 is 11.6 Å². The normalized spacial score (nSPS) is 16.3. The molecule has 0 radical (unpaired) electrons. The highest BCUT2D eigenvalue weighted by Gasteiger charge is 2.24. The van der Waals surface area contributed by atoms with Gasteiger partial charge in [0.05, 0.1) is 18.1 Å². The Balaban J connectivity index is 1.32. The Labute approximate surface area is 162 Å². The van der Waals surface area contributed by atoms with Gasteiger partial charge in [0.1, 0.15) is 11.5 Å². The lowest BCUT2D eigenvalue weighted by Crippen LogP contribution is -2.31. The molecule has 1 amide bonds. The Morgan fingerprint density at radius 1 is 1.29 bits per heavy atom. The van der Waals surface area contributed by atoms with Crippen LogP contribution < -0.4 is 15.8 Å². The second-order valence-corrected chi connectivity index (χ2v) is 7.00. The minimum Gasteiger partial charge on any atom is -0.370 e.